The summed E-state index contributed by atoms with van der Waals surface area (Å²) < 4.78 is 7.20. The van der Waals surface area contributed by atoms with Crippen LogP contribution in [0.2, 0.25) is 0 Å². The average molecular weight is 301 g/mol. The summed E-state index contributed by atoms with van der Waals surface area (Å²) in [5.41, 5.74) is 3.88. The van der Waals surface area contributed by atoms with Gasteiger partial charge in [0.05, 0.1) is 11.7 Å². The van der Waals surface area contributed by atoms with E-state index in [0.29, 0.717) is 0 Å². The number of ether oxygens (including phenoxy) is 1. The van der Waals surface area contributed by atoms with Crippen molar-refractivity contribution in [2.75, 3.05) is 7.11 Å². The van der Waals surface area contributed by atoms with Crippen molar-refractivity contribution in [1.82, 2.24) is 15.1 Å². The number of carbonyl (C=O) groups excluding carboxylic acids is 1. The van der Waals surface area contributed by atoms with E-state index < -0.39 is 6.10 Å². The molecule has 0 aliphatic rings. The molecule has 1 amide bonds. The summed E-state index contributed by atoms with van der Waals surface area (Å²) >= 11 is 0. The Balaban J connectivity index is 2.17. The summed E-state index contributed by atoms with van der Waals surface area (Å²) in [7, 11) is 3.45. The van der Waals surface area contributed by atoms with Gasteiger partial charge in [0.25, 0.3) is 5.91 Å². The van der Waals surface area contributed by atoms with E-state index in [9.17, 15) is 4.79 Å². The summed E-state index contributed by atoms with van der Waals surface area (Å²) in [5.74, 6) is -0.149. The smallest absolute Gasteiger partial charge is 0.254 e. The molecule has 1 aromatic heterocycles. The molecule has 0 radical (unpaired) electrons. The van der Waals surface area contributed by atoms with Gasteiger partial charge in [-0.25, -0.2) is 0 Å². The second kappa shape index (κ2) is 6.75. The van der Waals surface area contributed by atoms with Crippen LogP contribution in [-0.4, -0.2) is 22.8 Å². The molecule has 2 aromatic rings. The van der Waals surface area contributed by atoms with E-state index in [1.165, 1.54) is 0 Å². The van der Waals surface area contributed by atoms with E-state index in [1.807, 2.05) is 62.8 Å². The van der Waals surface area contributed by atoms with Crippen LogP contribution in [0.1, 0.15) is 41.6 Å². The minimum atomic E-state index is -0.610. The predicted molar refractivity (Wildman–Crippen MR) is 85.4 cm³/mol. The number of benzene rings is 1. The zero-order chi connectivity index (χ0) is 16.3. The maximum Gasteiger partial charge on any atom is 0.254 e. The standard InChI is InChI=1S/C17H23N3O2/c1-11(15-12(2)19-20(4)13(15)3)18-17(21)16(22-5)14-9-7-6-8-10-14/h6-11,16H,1-5H3,(H,18,21)/t11-,16+/m1/s1. The van der Waals surface area contributed by atoms with E-state index >= 15 is 0 Å². The van der Waals surface area contributed by atoms with Gasteiger partial charge in [-0.15, -0.1) is 0 Å². The van der Waals surface area contributed by atoms with Crippen molar-refractivity contribution in [3.8, 4) is 0 Å². The Morgan fingerprint density at radius 2 is 1.91 bits per heavy atom. The molecule has 118 valence electrons. The normalized spacial score (nSPS) is 13.7. The third-order valence-corrected chi connectivity index (χ3v) is 3.93. The first-order valence-electron chi connectivity index (χ1n) is 7.34. The van der Waals surface area contributed by atoms with E-state index in [2.05, 4.69) is 10.4 Å². The molecule has 22 heavy (non-hydrogen) atoms. The predicted octanol–water partition coefficient (Wildman–Crippen LogP) is 2.60. The Bertz CT molecular complexity index is 649. The van der Waals surface area contributed by atoms with E-state index in [4.69, 9.17) is 4.74 Å². The van der Waals surface area contributed by atoms with Crippen molar-refractivity contribution >= 4 is 5.91 Å². The molecule has 0 saturated carbocycles. The summed E-state index contributed by atoms with van der Waals surface area (Å²) in [6, 6.07) is 9.36. The zero-order valence-electron chi connectivity index (χ0n) is 13.8. The average Bonchev–Trinajstić information content (AvgIpc) is 2.74. The van der Waals surface area contributed by atoms with Crippen molar-refractivity contribution in [3.63, 3.8) is 0 Å². The number of rotatable bonds is 5. The molecular weight excluding hydrogens is 278 g/mol. The lowest BCUT2D eigenvalue weighted by Gasteiger charge is -2.20. The van der Waals surface area contributed by atoms with Crippen molar-refractivity contribution in [2.45, 2.75) is 32.9 Å². The molecule has 0 bridgehead atoms. The number of carbonyl (C=O) groups is 1. The number of amides is 1. The Morgan fingerprint density at radius 1 is 1.27 bits per heavy atom. The fourth-order valence-corrected chi connectivity index (χ4v) is 2.80. The Labute approximate surface area is 131 Å². The van der Waals surface area contributed by atoms with Gasteiger partial charge in [0.2, 0.25) is 0 Å². The van der Waals surface area contributed by atoms with Crippen LogP contribution in [0, 0.1) is 13.8 Å². The number of hydrogen-bond donors (Lipinski definition) is 1. The monoisotopic (exact) mass is 301 g/mol. The summed E-state index contributed by atoms with van der Waals surface area (Å²) in [6.45, 7) is 5.92. The third kappa shape index (κ3) is 3.20. The van der Waals surface area contributed by atoms with Crippen molar-refractivity contribution < 1.29 is 9.53 Å². The van der Waals surface area contributed by atoms with Gasteiger partial charge >= 0.3 is 0 Å². The van der Waals surface area contributed by atoms with Crippen molar-refractivity contribution in [3.05, 3.63) is 52.8 Å². The highest BCUT2D eigenvalue weighted by molar-refractivity contribution is 5.82. The lowest BCUT2D eigenvalue weighted by molar-refractivity contribution is -0.132. The molecule has 1 aromatic carbocycles. The minimum Gasteiger partial charge on any atom is -0.367 e. The molecule has 1 heterocycles. The highest BCUT2D eigenvalue weighted by atomic mass is 16.5. The van der Waals surface area contributed by atoms with Crippen LogP contribution in [0.25, 0.3) is 0 Å². The number of aromatic nitrogens is 2. The van der Waals surface area contributed by atoms with Gasteiger partial charge in [-0.3, -0.25) is 9.48 Å². The molecule has 0 saturated heterocycles. The van der Waals surface area contributed by atoms with Crippen LogP contribution in [0.15, 0.2) is 30.3 Å². The van der Waals surface area contributed by atoms with Gasteiger partial charge in [-0.2, -0.15) is 5.10 Å². The molecule has 5 nitrogen and oxygen atoms in total. The van der Waals surface area contributed by atoms with Crippen LogP contribution in [0.3, 0.4) is 0 Å². The third-order valence-electron chi connectivity index (χ3n) is 3.93. The number of hydrogen-bond acceptors (Lipinski definition) is 3. The second-order valence-corrected chi connectivity index (χ2v) is 5.46. The van der Waals surface area contributed by atoms with Gasteiger partial charge in [-0.1, -0.05) is 30.3 Å². The van der Waals surface area contributed by atoms with Crippen LogP contribution in [0.4, 0.5) is 0 Å². The molecule has 0 fully saturated rings. The van der Waals surface area contributed by atoms with E-state index in [1.54, 1.807) is 7.11 Å². The zero-order valence-corrected chi connectivity index (χ0v) is 13.8. The van der Waals surface area contributed by atoms with Gasteiger partial charge in [-0.05, 0) is 26.3 Å². The maximum atomic E-state index is 12.5. The summed E-state index contributed by atoms with van der Waals surface area (Å²) in [6.07, 6.45) is -0.610. The van der Waals surface area contributed by atoms with Crippen LogP contribution in [-0.2, 0) is 16.6 Å². The SMILES string of the molecule is CO[C@H](C(=O)N[C@H](C)c1c(C)nn(C)c1C)c1ccccc1. The maximum absolute atomic E-state index is 12.5. The van der Waals surface area contributed by atoms with Crippen LogP contribution < -0.4 is 5.32 Å². The van der Waals surface area contributed by atoms with Gasteiger partial charge < -0.3 is 10.1 Å². The Hall–Kier alpha value is -2.14. The number of aryl methyl sites for hydroxylation is 2. The van der Waals surface area contributed by atoms with E-state index in [-0.39, 0.29) is 11.9 Å². The molecular formula is C17H23N3O2. The lowest BCUT2D eigenvalue weighted by Crippen LogP contribution is -2.33. The molecule has 0 unspecified atom stereocenters. The molecule has 1 N–H and O–H groups in total. The quantitative estimate of drug-likeness (QED) is 0.923. The highest BCUT2D eigenvalue weighted by Gasteiger charge is 2.24. The molecule has 2 atom stereocenters. The van der Waals surface area contributed by atoms with Crippen LogP contribution >= 0.6 is 0 Å². The number of nitrogens with zero attached hydrogens (tertiary/aromatic N) is 2. The first-order chi connectivity index (χ1) is 10.5. The molecule has 2 rings (SSSR count). The van der Waals surface area contributed by atoms with Gasteiger partial charge in [0, 0.05) is 25.4 Å². The number of methoxy groups -OCH3 is 1. The Kier molecular flexibility index (Phi) is 4.98. The summed E-state index contributed by atoms with van der Waals surface area (Å²) in [4.78, 5) is 12.5. The minimum absolute atomic E-state index is 0.123. The highest BCUT2D eigenvalue weighted by Crippen LogP contribution is 2.23. The topological polar surface area (TPSA) is 56.1 Å². The first-order valence-corrected chi connectivity index (χ1v) is 7.34. The Morgan fingerprint density at radius 3 is 2.41 bits per heavy atom. The molecule has 5 heteroatoms. The molecule has 0 aliphatic heterocycles. The number of nitrogens with one attached hydrogen (secondary N) is 1. The van der Waals surface area contributed by atoms with Crippen molar-refractivity contribution in [2.24, 2.45) is 7.05 Å². The van der Waals surface area contributed by atoms with Crippen LogP contribution in [0.5, 0.6) is 0 Å². The van der Waals surface area contributed by atoms with Gasteiger partial charge in [0.1, 0.15) is 0 Å². The fourth-order valence-electron chi connectivity index (χ4n) is 2.80. The fraction of sp³-hybridized carbons (Fsp3) is 0.412. The lowest BCUT2D eigenvalue weighted by atomic mass is 10.0. The van der Waals surface area contributed by atoms with Crippen molar-refractivity contribution in [1.29, 1.82) is 0 Å². The molecule has 0 aliphatic carbocycles. The molecule has 0 spiro atoms. The summed E-state index contributed by atoms with van der Waals surface area (Å²) in [5, 5.41) is 7.42. The largest absolute Gasteiger partial charge is 0.367 e. The first kappa shape index (κ1) is 16.2. The van der Waals surface area contributed by atoms with Gasteiger partial charge in [0.15, 0.2) is 6.10 Å². The second-order valence-electron chi connectivity index (χ2n) is 5.46. The van der Waals surface area contributed by atoms with E-state index in [0.717, 1.165) is 22.5 Å².